The Morgan fingerprint density at radius 1 is 0.967 bits per heavy atom. The number of hydrogen-bond donors (Lipinski definition) is 1. The first-order chi connectivity index (χ1) is 14.7. The van der Waals surface area contributed by atoms with Crippen LogP contribution in [-0.2, 0) is 16.1 Å². The minimum Gasteiger partial charge on any atom is -0.378 e. The minimum absolute atomic E-state index is 0.213. The van der Waals surface area contributed by atoms with Gasteiger partial charge in [-0.25, -0.2) is 0 Å². The molecule has 0 spiro atoms. The molecule has 0 saturated carbocycles. The summed E-state index contributed by atoms with van der Waals surface area (Å²) in [5, 5.41) is 6.01. The standard InChI is InChI=1S/C23H31N5O2/c1-24-23(25-17-19-6-7-20-4-2-3-5-21(20)16-19)28-10-8-26(9-11-28)18-22(29)27-12-14-30-15-13-27/h2-7,16H,8-15,17-18H2,1H3,(H,24,25). The molecule has 2 aromatic rings. The summed E-state index contributed by atoms with van der Waals surface area (Å²) in [7, 11) is 1.83. The minimum atomic E-state index is 0.213. The average molecular weight is 410 g/mol. The third kappa shape index (κ3) is 5.09. The number of ether oxygens (including phenoxy) is 1. The lowest BCUT2D eigenvalue weighted by Crippen LogP contribution is -2.54. The number of benzene rings is 2. The third-order valence-electron chi connectivity index (χ3n) is 5.87. The summed E-state index contributed by atoms with van der Waals surface area (Å²) in [6, 6.07) is 15.0. The van der Waals surface area contributed by atoms with Gasteiger partial charge in [0.05, 0.1) is 19.8 Å². The molecule has 1 amide bonds. The van der Waals surface area contributed by atoms with Gasteiger partial charge in [-0.05, 0) is 22.4 Å². The maximum absolute atomic E-state index is 12.5. The molecule has 4 rings (SSSR count). The zero-order valence-corrected chi connectivity index (χ0v) is 17.7. The van der Waals surface area contributed by atoms with E-state index in [4.69, 9.17) is 4.74 Å². The number of amides is 1. The van der Waals surface area contributed by atoms with Gasteiger partial charge in [-0.1, -0.05) is 36.4 Å². The van der Waals surface area contributed by atoms with Crippen molar-refractivity contribution in [2.24, 2.45) is 4.99 Å². The number of rotatable bonds is 4. The smallest absolute Gasteiger partial charge is 0.236 e. The van der Waals surface area contributed by atoms with E-state index in [1.807, 2.05) is 11.9 Å². The lowest BCUT2D eigenvalue weighted by atomic mass is 10.1. The normalized spacial score (nSPS) is 18.6. The third-order valence-corrected chi connectivity index (χ3v) is 5.87. The average Bonchev–Trinajstić information content (AvgIpc) is 2.81. The van der Waals surface area contributed by atoms with Crippen LogP contribution < -0.4 is 5.32 Å². The van der Waals surface area contributed by atoms with Gasteiger partial charge < -0.3 is 19.9 Å². The molecule has 0 bridgehead atoms. The predicted octanol–water partition coefficient (Wildman–Crippen LogP) is 1.39. The molecule has 2 saturated heterocycles. The Morgan fingerprint density at radius 2 is 1.70 bits per heavy atom. The lowest BCUT2D eigenvalue weighted by Gasteiger charge is -2.37. The Kier molecular flexibility index (Phi) is 6.81. The molecule has 2 fully saturated rings. The predicted molar refractivity (Wildman–Crippen MR) is 120 cm³/mol. The fourth-order valence-electron chi connectivity index (χ4n) is 4.08. The molecular weight excluding hydrogens is 378 g/mol. The van der Waals surface area contributed by atoms with Crippen molar-refractivity contribution < 1.29 is 9.53 Å². The second kappa shape index (κ2) is 9.91. The van der Waals surface area contributed by atoms with Gasteiger partial charge in [0.1, 0.15) is 0 Å². The number of hydrogen-bond acceptors (Lipinski definition) is 4. The quantitative estimate of drug-likeness (QED) is 0.611. The van der Waals surface area contributed by atoms with E-state index in [-0.39, 0.29) is 5.91 Å². The number of carbonyl (C=O) groups is 1. The molecule has 160 valence electrons. The van der Waals surface area contributed by atoms with Crippen LogP contribution in [0, 0.1) is 0 Å². The van der Waals surface area contributed by atoms with Crippen LogP contribution in [0.15, 0.2) is 47.5 Å². The summed E-state index contributed by atoms with van der Waals surface area (Å²) < 4.78 is 5.33. The number of carbonyl (C=O) groups excluding carboxylic acids is 1. The van der Waals surface area contributed by atoms with Gasteiger partial charge in [0.2, 0.25) is 5.91 Å². The van der Waals surface area contributed by atoms with Crippen LogP contribution in [0.5, 0.6) is 0 Å². The molecule has 0 radical (unpaired) electrons. The van der Waals surface area contributed by atoms with Crippen LogP contribution in [0.2, 0.25) is 0 Å². The van der Waals surface area contributed by atoms with E-state index < -0.39 is 0 Å². The highest BCUT2D eigenvalue weighted by molar-refractivity contribution is 5.83. The first-order valence-electron chi connectivity index (χ1n) is 10.7. The van der Waals surface area contributed by atoms with Crippen LogP contribution in [0.25, 0.3) is 10.8 Å². The van der Waals surface area contributed by atoms with Crippen LogP contribution >= 0.6 is 0 Å². The van der Waals surface area contributed by atoms with Gasteiger partial charge in [-0.3, -0.25) is 14.7 Å². The number of fused-ring (bicyclic) bond motifs is 1. The second-order valence-corrected chi connectivity index (χ2v) is 7.84. The van der Waals surface area contributed by atoms with Crippen LogP contribution in [0.3, 0.4) is 0 Å². The molecular formula is C23H31N5O2. The summed E-state index contributed by atoms with van der Waals surface area (Å²) in [5.41, 5.74) is 1.24. The molecule has 0 aromatic heterocycles. The molecule has 0 aliphatic carbocycles. The highest BCUT2D eigenvalue weighted by Crippen LogP contribution is 2.15. The molecule has 30 heavy (non-hydrogen) atoms. The van der Waals surface area contributed by atoms with Crippen molar-refractivity contribution in [3.63, 3.8) is 0 Å². The fourth-order valence-corrected chi connectivity index (χ4v) is 4.08. The monoisotopic (exact) mass is 409 g/mol. The molecule has 1 N–H and O–H groups in total. The van der Waals surface area contributed by atoms with Gasteiger partial charge in [0.15, 0.2) is 5.96 Å². The van der Waals surface area contributed by atoms with Crippen molar-refractivity contribution >= 4 is 22.6 Å². The van der Waals surface area contributed by atoms with Crippen molar-refractivity contribution in [1.29, 1.82) is 0 Å². The summed E-state index contributed by atoms with van der Waals surface area (Å²) in [6.07, 6.45) is 0. The Morgan fingerprint density at radius 3 is 2.43 bits per heavy atom. The van der Waals surface area contributed by atoms with Crippen LogP contribution in [-0.4, -0.2) is 92.6 Å². The number of aliphatic imine (C=N–C) groups is 1. The largest absolute Gasteiger partial charge is 0.378 e. The number of guanidine groups is 1. The zero-order chi connectivity index (χ0) is 20.8. The van der Waals surface area contributed by atoms with Crippen molar-refractivity contribution in [2.75, 3.05) is 66.1 Å². The van der Waals surface area contributed by atoms with Gasteiger partial charge >= 0.3 is 0 Å². The van der Waals surface area contributed by atoms with Crippen LogP contribution in [0.4, 0.5) is 0 Å². The number of nitrogens with zero attached hydrogens (tertiary/aromatic N) is 4. The first-order valence-corrected chi connectivity index (χ1v) is 10.7. The van der Waals surface area contributed by atoms with Gasteiger partial charge in [-0.2, -0.15) is 0 Å². The molecule has 2 aliphatic rings. The summed E-state index contributed by atoms with van der Waals surface area (Å²) in [4.78, 5) is 23.4. The van der Waals surface area contributed by atoms with E-state index in [9.17, 15) is 4.79 Å². The Balaban J connectivity index is 1.25. The Labute approximate surface area is 178 Å². The molecule has 7 heteroatoms. The van der Waals surface area contributed by atoms with Crippen molar-refractivity contribution in [2.45, 2.75) is 6.54 Å². The Bertz CT molecular complexity index is 886. The topological polar surface area (TPSA) is 60.4 Å². The molecule has 2 aromatic carbocycles. The number of nitrogens with one attached hydrogen (secondary N) is 1. The fraction of sp³-hybridized carbons (Fsp3) is 0.478. The van der Waals surface area contributed by atoms with E-state index in [0.717, 1.165) is 38.7 Å². The first kappa shape index (κ1) is 20.6. The van der Waals surface area contributed by atoms with Crippen LogP contribution in [0.1, 0.15) is 5.56 Å². The molecule has 2 aliphatic heterocycles. The Hall–Kier alpha value is -2.64. The maximum Gasteiger partial charge on any atom is 0.236 e. The maximum atomic E-state index is 12.5. The van der Waals surface area contributed by atoms with Crippen molar-refractivity contribution in [3.8, 4) is 0 Å². The summed E-state index contributed by atoms with van der Waals surface area (Å²) >= 11 is 0. The van der Waals surface area contributed by atoms with Gasteiger partial charge in [0.25, 0.3) is 0 Å². The summed E-state index contributed by atoms with van der Waals surface area (Å²) in [5.74, 6) is 1.13. The number of morpholine rings is 1. The van der Waals surface area contributed by atoms with Gasteiger partial charge in [-0.15, -0.1) is 0 Å². The molecule has 2 heterocycles. The van der Waals surface area contributed by atoms with E-state index in [1.165, 1.54) is 16.3 Å². The SMILES string of the molecule is CN=C(NCc1ccc2ccccc2c1)N1CCN(CC(=O)N2CCOCC2)CC1. The molecule has 0 atom stereocenters. The van der Waals surface area contributed by atoms with E-state index >= 15 is 0 Å². The second-order valence-electron chi connectivity index (χ2n) is 7.84. The van der Waals surface area contributed by atoms with E-state index in [0.29, 0.717) is 32.8 Å². The van der Waals surface area contributed by atoms with Crippen molar-refractivity contribution in [3.05, 3.63) is 48.0 Å². The zero-order valence-electron chi connectivity index (χ0n) is 17.7. The van der Waals surface area contributed by atoms with Gasteiger partial charge in [0, 0.05) is 52.9 Å². The van der Waals surface area contributed by atoms with Crippen molar-refractivity contribution in [1.82, 2.24) is 20.0 Å². The lowest BCUT2D eigenvalue weighted by molar-refractivity contribution is -0.136. The highest BCUT2D eigenvalue weighted by Gasteiger charge is 2.24. The molecule has 7 nitrogen and oxygen atoms in total. The highest BCUT2D eigenvalue weighted by atomic mass is 16.5. The molecule has 0 unspecified atom stereocenters. The number of piperazine rings is 1. The summed E-state index contributed by atoms with van der Waals surface area (Å²) in [6.45, 7) is 7.44. The van der Waals surface area contributed by atoms with E-state index in [2.05, 4.69) is 62.6 Å². The van der Waals surface area contributed by atoms with E-state index in [1.54, 1.807) is 0 Å².